The molecule has 2 rings (SSSR count). The highest BCUT2D eigenvalue weighted by molar-refractivity contribution is 5.95. The zero-order chi connectivity index (χ0) is 17.3. The normalized spacial score (nSPS) is 10.5. The van der Waals surface area contributed by atoms with E-state index in [1.165, 1.54) is 14.1 Å². The van der Waals surface area contributed by atoms with Gasteiger partial charge in [-0.25, -0.2) is 22.9 Å². The van der Waals surface area contributed by atoms with Gasteiger partial charge in [-0.15, -0.1) is 0 Å². The first-order chi connectivity index (χ1) is 10.7. The van der Waals surface area contributed by atoms with Crippen LogP contribution < -0.4 is 0 Å². The predicted octanol–water partition coefficient (Wildman–Crippen LogP) is 2.57. The van der Waals surface area contributed by atoms with E-state index in [4.69, 9.17) is 5.11 Å². The molecule has 8 heteroatoms. The van der Waals surface area contributed by atoms with Gasteiger partial charge in [0, 0.05) is 14.1 Å². The second kappa shape index (κ2) is 6.07. The van der Waals surface area contributed by atoms with Gasteiger partial charge >= 0.3 is 5.97 Å². The summed E-state index contributed by atoms with van der Waals surface area (Å²) in [7, 11) is 2.74. The van der Waals surface area contributed by atoms with E-state index in [-0.39, 0.29) is 0 Å². The number of benzene rings is 1. The Bertz CT molecular complexity index is 807. The van der Waals surface area contributed by atoms with Crippen LogP contribution in [-0.4, -0.2) is 41.0 Å². The Morgan fingerprint density at radius 3 is 2.22 bits per heavy atom. The van der Waals surface area contributed by atoms with Crippen molar-refractivity contribution < 1.29 is 27.9 Å². The number of hydrogen-bond acceptors (Lipinski definition) is 3. The molecular formula is C15H11F3N2O3. The van der Waals surface area contributed by atoms with E-state index >= 15 is 0 Å². The summed E-state index contributed by atoms with van der Waals surface area (Å²) in [6.07, 6.45) is 0. The average molecular weight is 324 g/mol. The first-order valence-electron chi connectivity index (χ1n) is 6.34. The number of hydrogen-bond donors (Lipinski definition) is 1. The van der Waals surface area contributed by atoms with Gasteiger partial charge in [-0.3, -0.25) is 4.79 Å². The zero-order valence-electron chi connectivity index (χ0n) is 12.1. The third kappa shape index (κ3) is 3.01. The Hall–Kier alpha value is -2.90. The minimum absolute atomic E-state index is 0.478. The van der Waals surface area contributed by atoms with Gasteiger partial charge in [0.05, 0.1) is 11.1 Å². The van der Waals surface area contributed by atoms with Crippen molar-refractivity contribution in [3.63, 3.8) is 0 Å². The number of aromatic nitrogens is 1. The molecule has 1 heterocycles. The number of amides is 1. The number of carboxylic acid groups (broad SMARTS) is 1. The van der Waals surface area contributed by atoms with Crippen molar-refractivity contribution in [2.45, 2.75) is 0 Å². The molecule has 0 atom stereocenters. The summed E-state index contributed by atoms with van der Waals surface area (Å²) < 4.78 is 42.4. The molecule has 1 N–H and O–H groups in total. The number of carbonyl (C=O) groups excluding carboxylic acids is 1. The van der Waals surface area contributed by atoms with Gasteiger partial charge in [0.2, 0.25) is 0 Å². The van der Waals surface area contributed by atoms with E-state index in [0.29, 0.717) is 0 Å². The fourth-order valence-corrected chi connectivity index (χ4v) is 1.91. The first kappa shape index (κ1) is 16.5. The summed E-state index contributed by atoms with van der Waals surface area (Å²) in [6, 6.07) is 3.33. The number of pyridine rings is 1. The second-order valence-electron chi connectivity index (χ2n) is 4.82. The summed E-state index contributed by atoms with van der Waals surface area (Å²) >= 11 is 0. The molecule has 1 aromatic heterocycles. The standard InChI is InChI=1S/C15H11F3N2O3/c1-20(2)14(21)7-3-4-8(16)11(12(7)18)13-9(17)5-6-10(19-13)15(22)23/h3-6H,1-2H3,(H,22,23). The minimum Gasteiger partial charge on any atom is -0.477 e. The summed E-state index contributed by atoms with van der Waals surface area (Å²) in [6.45, 7) is 0. The molecular weight excluding hydrogens is 313 g/mol. The molecule has 0 bridgehead atoms. The summed E-state index contributed by atoms with van der Waals surface area (Å²) in [5.41, 5.74) is -2.76. The average Bonchev–Trinajstić information content (AvgIpc) is 2.48. The van der Waals surface area contributed by atoms with Crippen molar-refractivity contribution in [2.24, 2.45) is 0 Å². The van der Waals surface area contributed by atoms with Gasteiger partial charge in [-0.05, 0) is 24.3 Å². The Labute approximate surface area is 129 Å². The van der Waals surface area contributed by atoms with E-state index in [1.54, 1.807) is 0 Å². The molecule has 0 spiro atoms. The van der Waals surface area contributed by atoms with Crippen LogP contribution in [0.15, 0.2) is 24.3 Å². The monoisotopic (exact) mass is 324 g/mol. The highest BCUT2D eigenvalue weighted by atomic mass is 19.1. The fraction of sp³-hybridized carbons (Fsp3) is 0.133. The number of carbonyl (C=O) groups is 2. The molecule has 23 heavy (non-hydrogen) atoms. The lowest BCUT2D eigenvalue weighted by Crippen LogP contribution is -2.23. The summed E-state index contributed by atoms with van der Waals surface area (Å²) in [5.74, 6) is -5.81. The summed E-state index contributed by atoms with van der Waals surface area (Å²) in [5, 5.41) is 8.87. The minimum atomic E-state index is -1.48. The van der Waals surface area contributed by atoms with Crippen LogP contribution in [0.5, 0.6) is 0 Å². The molecule has 0 aliphatic carbocycles. The molecule has 0 radical (unpaired) electrons. The predicted molar refractivity (Wildman–Crippen MR) is 74.5 cm³/mol. The van der Waals surface area contributed by atoms with Crippen LogP contribution in [-0.2, 0) is 0 Å². The Kier molecular flexibility index (Phi) is 4.35. The third-order valence-corrected chi connectivity index (χ3v) is 3.03. The van der Waals surface area contributed by atoms with Crippen molar-refractivity contribution >= 4 is 11.9 Å². The van der Waals surface area contributed by atoms with E-state index in [9.17, 15) is 22.8 Å². The van der Waals surface area contributed by atoms with Crippen molar-refractivity contribution in [2.75, 3.05) is 14.1 Å². The van der Waals surface area contributed by atoms with E-state index < -0.39 is 51.8 Å². The van der Waals surface area contributed by atoms with Crippen LogP contribution in [0.1, 0.15) is 20.8 Å². The number of carboxylic acids is 1. The molecule has 1 amide bonds. The molecule has 120 valence electrons. The smallest absolute Gasteiger partial charge is 0.354 e. The maximum Gasteiger partial charge on any atom is 0.354 e. The molecule has 0 aliphatic heterocycles. The lowest BCUT2D eigenvalue weighted by atomic mass is 10.0. The highest BCUT2D eigenvalue weighted by Crippen LogP contribution is 2.29. The van der Waals surface area contributed by atoms with Crippen LogP contribution in [0.4, 0.5) is 13.2 Å². The molecule has 0 saturated carbocycles. The number of nitrogens with zero attached hydrogens (tertiary/aromatic N) is 2. The van der Waals surface area contributed by atoms with E-state index in [0.717, 1.165) is 29.2 Å². The number of halogens is 3. The van der Waals surface area contributed by atoms with E-state index in [1.807, 2.05) is 0 Å². The topological polar surface area (TPSA) is 70.5 Å². The number of aromatic carboxylic acids is 1. The molecule has 0 fully saturated rings. The van der Waals surface area contributed by atoms with Gasteiger partial charge in [0.1, 0.15) is 28.8 Å². The number of rotatable bonds is 3. The second-order valence-corrected chi connectivity index (χ2v) is 4.82. The van der Waals surface area contributed by atoms with Crippen LogP contribution >= 0.6 is 0 Å². The van der Waals surface area contributed by atoms with Gasteiger partial charge in [0.25, 0.3) is 5.91 Å². The first-order valence-corrected chi connectivity index (χ1v) is 6.34. The van der Waals surface area contributed by atoms with Crippen molar-refractivity contribution in [1.29, 1.82) is 0 Å². The largest absolute Gasteiger partial charge is 0.477 e. The van der Waals surface area contributed by atoms with Gasteiger partial charge in [0.15, 0.2) is 0 Å². The Morgan fingerprint density at radius 1 is 1.04 bits per heavy atom. The highest BCUT2D eigenvalue weighted by Gasteiger charge is 2.24. The van der Waals surface area contributed by atoms with Gasteiger partial charge < -0.3 is 10.0 Å². The molecule has 0 saturated heterocycles. The molecule has 5 nitrogen and oxygen atoms in total. The SMILES string of the molecule is CN(C)C(=O)c1ccc(F)c(-c2nc(C(=O)O)ccc2F)c1F. The maximum atomic E-state index is 14.5. The molecule has 2 aromatic rings. The van der Waals surface area contributed by atoms with Crippen molar-refractivity contribution in [3.8, 4) is 11.3 Å². The van der Waals surface area contributed by atoms with Gasteiger partial charge in [-0.1, -0.05) is 0 Å². The molecule has 0 aliphatic rings. The molecule has 1 aromatic carbocycles. The van der Waals surface area contributed by atoms with Crippen LogP contribution in [0.3, 0.4) is 0 Å². The maximum absolute atomic E-state index is 14.5. The Balaban J connectivity index is 2.73. The van der Waals surface area contributed by atoms with Crippen molar-refractivity contribution in [3.05, 3.63) is 53.0 Å². The van der Waals surface area contributed by atoms with Gasteiger partial charge in [-0.2, -0.15) is 0 Å². The summed E-state index contributed by atoms with van der Waals surface area (Å²) in [4.78, 5) is 27.3. The van der Waals surface area contributed by atoms with Crippen LogP contribution in [0.25, 0.3) is 11.3 Å². The van der Waals surface area contributed by atoms with Crippen LogP contribution in [0, 0.1) is 17.5 Å². The lowest BCUT2D eigenvalue weighted by molar-refractivity contribution is 0.0690. The van der Waals surface area contributed by atoms with Crippen LogP contribution in [0.2, 0.25) is 0 Å². The quantitative estimate of drug-likeness (QED) is 0.942. The zero-order valence-corrected chi connectivity index (χ0v) is 12.1. The van der Waals surface area contributed by atoms with E-state index in [2.05, 4.69) is 4.98 Å². The Morgan fingerprint density at radius 2 is 1.65 bits per heavy atom. The fourth-order valence-electron chi connectivity index (χ4n) is 1.91. The lowest BCUT2D eigenvalue weighted by Gasteiger charge is -2.13. The molecule has 0 unspecified atom stereocenters. The van der Waals surface area contributed by atoms with Crippen molar-refractivity contribution in [1.82, 2.24) is 9.88 Å². The third-order valence-electron chi connectivity index (χ3n) is 3.03.